The minimum atomic E-state index is -0.291. The molecule has 0 spiro atoms. The van der Waals surface area contributed by atoms with Gasteiger partial charge < -0.3 is 9.64 Å². The molecule has 0 N–H and O–H groups in total. The zero-order chi connectivity index (χ0) is 17.8. The summed E-state index contributed by atoms with van der Waals surface area (Å²) in [4.78, 5) is 19.4. The third-order valence-electron chi connectivity index (χ3n) is 5.81. The van der Waals surface area contributed by atoms with Crippen molar-refractivity contribution in [2.45, 2.75) is 32.1 Å². The number of hydrogen-bond acceptors (Lipinski definition) is 3. The molecule has 0 unspecified atom stereocenters. The van der Waals surface area contributed by atoms with Crippen LogP contribution in [0.5, 0.6) is 0 Å². The fraction of sp³-hybridized carbons (Fsp3) is 0.455. The van der Waals surface area contributed by atoms with E-state index in [0.717, 1.165) is 45.2 Å². The fourth-order valence-corrected chi connectivity index (χ4v) is 4.23. The van der Waals surface area contributed by atoms with E-state index in [0.29, 0.717) is 19.1 Å². The van der Waals surface area contributed by atoms with Crippen molar-refractivity contribution in [1.82, 2.24) is 9.88 Å². The summed E-state index contributed by atoms with van der Waals surface area (Å²) in [6.07, 6.45) is 8.37. The Morgan fingerprint density at radius 3 is 2.23 bits per heavy atom. The number of hydrogen-bond donors (Lipinski definition) is 0. The van der Waals surface area contributed by atoms with Gasteiger partial charge >= 0.3 is 0 Å². The Kier molecular flexibility index (Phi) is 5.02. The van der Waals surface area contributed by atoms with Gasteiger partial charge in [0.05, 0.1) is 5.41 Å². The van der Waals surface area contributed by atoms with Gasteiger partial charge in [-0.15, -0.1) is 0 Å². The Morgan fingerprint density at radius 2 is 1.58 bits per heavy atom. The summed E-state index contributed by atoms with van der Waals surface area (Å²) >= 11 is 0. The number of benzene rings is 1. The largest absolute Gasteiger partial charge is 0.381 e. The molecule has 1 aromatic carbocycles. The lowest BCUT2D eigenvalue weighted by Crippen LogP contribution is -2.47. The molecule has 1 aromatic heterocycles. The van der Waals surface area contributed by atoms with Crippen molar-refractivity contribution in [3.8, 4) is 11.1 Å². The highest BCUT2D eigenvalue weighted by atomic mass is 16.5. The Hall–Kier alpha value is -2.20. The fourth-order valence-electron chi connectivity index (χ4n) is 4.23. The Morgan fingerprint density at radius 1 is 0.962 bits per heavy atom. The Labute approximate surface area is 155 Å². The number of pyridine rings is 1. The minimum absolute atomic E-state index is 0.291. The van der Waals surface area contributed by atoms with Crippen molar-refractivity contribution in [3.05, 3.63) is 54.4 Å². The van der Waals surface area contributed by atoms with Crippen molar-refractivity contribution in [3.63, 3.8) is 0 Å². The molecule has 0 aliphatic carbocycles. The highest BCUT2D eigenvalue weighted by Gasteiger charge is 2.43. The molecule has 1 amide bonds. The van der Waals surface area contributed by atoms with Crippen LogP contribution in [0.2, 0.25) is 0 Å². The molecule has 2 aromatic rings. The molecule has 0 atom stereocenters. The SMILES string of the molecule is O=C(N1CCCC1)C1(Cc2ccc(-c3ccncc3)cc2)CCOCC1. The van der Waals surface area contributed by atoms with Crippen LogP contribution >= 0.6 is 0 Å². The second-order valence-corrected chi connectivity index (χ2v) is 7.50. The first-order valence-corrected chi connectivity index (χ1v) is 9.63. The molecule has 26 heavy (non-hydrogen) atoms. The zero-order valence-corrected chi connectivity index (χ0v) is 15.2. The number of amides is 1. The van der Waals surface area contributed by atoms with Crippen molar-refractivity contribution in [2.24, 2.45) is 5.41 Å². The van der Waals surface area contributed by atoms with Crippen LogP contribution in [0.4, 0.5) is 0 Å². The number of ether oxygens (including phenoxy) is 1. The third kappa shape index (κ3) is 3.51. The van der Waals surface area contributed by atoms with E-state index >= 15 is 0 Å². The van der Waals surface area contributed by atoms with Crippen LogP contribution in [0.3, 0.4) is 0 Å². The van der Waals surface area contributed by atoms with Crippen LogP contribution in [0.25, 0.3) is 11.1 Å². The number of aromatic nitrogens is 1. The van der Waals surface area contributed by atoms with Gasteiger partial charge in [0.2, 0.25) is 5.91 Å². The summed E-state index contributed by atoms with van der Waals surface area (Å²) in [6, 6.07) is 12.7. The molecule has 2 aliphatic rings. The molecule has 2 saturated heterocycles. The molecule has 2 aliphatic heterocycles. The van der Waals surface area contributed by atoms with Crippen LogP contribution < -0.4 is 0 Å². The second kappa shape index (κ2) is 7.58. The molecule has 2 fully saturated rings. The van der Waals surface area contributed by atoms with E-state index in [1.807, 2.05) is 24.5 Å². The monoisotopic (exact) mass is 350 g/mol. The van der Waals surface area contributed by atoms with Crippen LogP contribution in [0.1, 0.15) is 31.2 Å². The summed E-state index contributed by atoms with van der Waals surface area (Å²) in [6.45, 7) is 3.22. The van der Waals surface area contributed by atoms with E-state index < -0.39 is 0 Å². The van der Waals surface area contributed by atoms with Crippen molar-refractivity contribution in [1.29, 1.82) is 0 Å². The molecule has 0 saturated carbocycles. The van der Waals surface area contributed by atoms with Crippen LogP contribution in [-0.2, 0) is 16.0 Å². The maximum atomic E-state index is 13.3. The van der Waals surface area contributed by atoms with E-state index in [2.05, 4.69) is 34.1 Å². The number of nitrogens with zero attached hydrogens (tertiary/aromatic N) is 2. The van der Waals surface area contributed by atoms with Gasteiger partial charge in [-0.05, 0) is 60.9 Å². The van der Waals surface area contributed by atoms with Crippen LogP contribution in [-0.4, -0.2) is 42.1 Å². The summed E-state index contributed by atoms with van der Waals surface area (Å²) in [5.74, 6) is 0.344. The van der Waals surface area contributed by atoms with E-state index in [1.54, 1.807) is 0 Å². The molecule has 4 rings (SSSR count). The molecule has 4 heteroatoms. The number of rotatable bonds is 4. The maximum Gasteiger partial charge on any atom is 0.229 e. The molecular weight excluding hydrogens is 324 g/mol. The Bertz CT molecular complexity index is 730. The average molecular weight is 350 g/mol. The average Bonchev–Trinajstić information content (AvgIpc) is 3.24. The molecule has 0 radical (unpaired) electrons. The molecule has 136 valence electrons. The van der Waals surface area contributed by atoms with Gasteiger partial charge in [0.1, 0.15) is 0 Å². The smallest absolute Gasteiger partial charge is 0.229 e. The van der Waals surface area contributed by atoms with Gasteiger partial charge in [-0.1, -0.05) is 24.3 Å². The standard InChI is InChI=1S/C22H26N2O2/c25-21(24-13-1-2-14-24)22(9-15-26-16-10-22)17-18-3-5-19(6-4-18)20-7-11-23-12-8-20/h3-8,11-12H,1-2,9-10,13-17H2. The predicted octanol–water partition coefficient (Wildman–Crippen LogP) is 3.71. The third-order valence-corrected chi connectivity index (χ3v) is 5.81. The lowest BCUT2D eigenvalue weighted by atomic mass is 9.74. The summed E-state index contributed by atoms with van der Waals surface area (Å²) in [5, 5.41) is 0. The highest BCUT2D eigenvalue weighted by Crippen LogP contribution is 2.37. The van der Waals surface area contributed by atoms with Gasteiger partial charge in [-0.25, -0.2) is 0 Å². The molecule has 4 nitrogen and oxygen atoms in total. The van der Waals surface area contributed by atoms with E-state index in [-0.39, 0.29) is 5.41 Å². The maximum absolute atomic E-state index is 13.3. The topological polar surface area (TPSA) is 42.4 Å². The number of carbonyl (C=O) groups excluding carboxylic acids is 1. The second-order valence-electron chi connectivity index (χ2n) is 7.50. The lowest BCUT2D eigenvalue weighted by Gasteiger charge is -2.38. The summed E-state index contributed by atoms with van der Waals surface area (Å²) in [5.41, 5.74) is 3.29. The van der Waals surface area contributed by atoms with Crippen molar-refractivity contribution in [2.75, 3.05) is 26.3 Å². The van der Waals surface area contributed by atoms with Crippen LogP contribution in [0.15, 0.2) is 48.8 Å². The predicted molar refractivity (Wildman–Crippen MR) is 102 cm³/mol. The minimum Gasteiger partial charge on any atom is -0.381 e. The summed E-state index contributed by atoms with van der Waals surface area (Å²) in [7, 11) is 0. The first kappa shape index (κ1) is 17.2. The molecular formula is C22H26N2O2. The first-order valence-electron chi connectivity index (χ1n) is 9.63. The van der Waals surface area contributed by atoms with Gasteiger partial charge in [-0.3, -0.25) is 9.78 Å². The van der Waals surface area contributed by atoms with Gasteiger partial charge in [-0.2, -0.15) is 0 Å². The summed E-state index contributed by atoms with van der Waals surface area (Å²) < 4.78 is 5.58. The highest BCUT2D eigenvalue weighted by molar-refractivity contribution is 5.83. The molecule has 0 bridgehead atoms. The van der Waals surface area contributed by atoms with Gasteiger partial charge in [0.15, 0.2) is 0 Å². The number of carbonyl (C=O) groups is 1. The van der Waals surface area contributed by atoms with E-state index in [1.165, 1.54) is 16.7 Å². The van der Waals surface area contributed by atoms with Crippen LogP contribution in [0, 0.1) is 5.41 Å². The van der Waals surface area contributed by atoms with E-state index in [4.69, 9.17) is 4.74 Å². The normalized spacial score (nSPS) is 19.5. The first-order chi connectivity index (χ1) is 12.8. The number of likely N-dealkylation sites (tertiary alicyclic amines) is 1. The van der Waals surface area contributed by atoms with Gasteiger partial charge in [0, 0.05) is 38.7 Å². The Balaban J connectivity index is 1.55. The van der Waals surface area contributed by atoms with Gasteiger partial charge in [0.25, 0.3) is 0 Å². The quantitative estimate of drug-likeness (QED) is 0.844. The van der Waals surface area contributed by atoms with E-state index in [9.17, 15) is 4.79 Å². The molecule has 3 heterocycles. The van der Waals surface area contributed by atoms with Crippen molar-refractivity contribution < 1.29 is 9.53 Å². The van der Waals surface area contributed by atoms with Crippen molar-refractivity contribution >= 4 is 5.91 Å². The zero-order valence-electron chi connectivity index (χ0n) is 15.2. The lowest BCUT2D eigenvalue weighted by molar-refractivity contribution is -0.146.